The first-order chi connectivity index (χ1) is 3.68. The topological polar surface area (TPSA) is 61.2 Å². The summed E-state index contributed by atoms with van der Waals surface area (Å²) < 4.78 is 0. The zero-order chi connectivity index (χ0) is 6.57. The van der Waals surface area contributed by atoms with Crippen molar-refractivity contribution < 1.29 is 9.90 Å². The number of rotatable bonds is 3. The summed E-state index contributed by atoms with van der Waals surface area (Å²) in [4.78, 5) is 9.86. The molecule has 0 bridgehead atoms. The molecule has 0 aliphatic carbocycles. The molecule has 0 heterocycles. The van der Waals surface area contributed by atoms with E-state index in [0.717, 1.165) is 6.42 Å². The first-order valence-electron chi connectivity index (χ1n) is 2.49. The van der Waals surface area contributed by atoms with Crippen molar-refractivity contribution in [2.45, 2.75) is 19.8 Å². The third-order valence-electron chi connectivity index (χ3n) is 0.758. The number of halogens is 1. The van der Waals surface area contributed by atoms with Gasteiger partial charge in [-0.05, 0) is 6.42 Å². The number of carboxylic acid groups (broad SMARTS) is 1. The minimum Gasteiger partial charge on any atom is -0.477 e. The molecule has 0 aromatic heterocycles. The van der Waals surface area contributed by atoms with E-state index in [-0.39, 0.29) is 18.1 Å². The molecule has 0 saturated heterocycles. The smallest absolute Gasteiger partial charge is 0.349 e. The summed E-state index contributed by atoms with van der Waals surface area (Å²) in [5, 5.41) is 14.8. The van der Waals surface area contributed by atoms with Crippen molar-refractivity contribution in [3.63, 3.8) is 0 Å². The van der Waals surface area contributed by atoms with Crippen molar-refractivity contribution >= 4 is 24.1 Å². The van der Waals surface area contributed by atoms with Gasteiger partial charge in [0.2, 0.25) is 0 Å². The lowest BCUT2D eigenvalue weighted by molar-refractivity contribution is -0.129. The molecule has 0 aromatic rings. The molecule has 0 saturated carbocycles. The Labute approximate surface area is 60.0 Å². The molecule has 0 aliphatic heterocycles. The third-order valence-corrected chi connectivity index (χ3v) is 0.758. The molecule has 54 valence electrons. The molecule has 0 radical (unpaired) electrons. The summed E-state index contributed by atoms with van der Waals surface area (Å²) in [6, 6.07) is 0. The number of hydrogen-bond donors (Lipinski definition) is 2. The molecule has 9 heavy (non-hydrogen) atoms. The van der Waals surface area contributed by atoms with Gasteiger partial charge in [0.15, 0.2) is 0 Å². The number of carbonyl (C=O) groups is 1. The molecular formula is C5H10ClNO2. The Morgan fingerprint density at radius 3 is 2.22 bits per heavy atom. The van der Waals surface area contributed by atoms with Crippen molar-refractivity contribution in [2.75, 3.05) is 0 Å². The summed E-state index contributed by atoms with van der Waals surface area (Å²) in [5.74, 6) is -1.10. The SMILES string of the molecule is CCCC(=N)C(=O)O.Cl. The predicted octanol–water partition coefficient (Wildman–Crippen LogP) is 1.31. The average molecular weight is 152 g/mol. The Balaban J connectivity index is 0. The molecule has 0 aliphatic rings. The van der Waals surface area contributed by atoms with Crippen molar-refractivity contribution in [3.8, 4) is 0 Å². The van der Waals surface area contributed by atoms with Gasteiger partial charge in [-0.2, -0.15) is 0 Å². The van der Waals surface area contributed by atoms with Crippen LogP contribution in [0.15, 0.2) is 0 Å². The minimum atomic E-state index is -1.10. The van der Waals surface area contributed by atoms with Crippen LogP contribution < -0.4 is 0 Å². The van der Waals surface area contributed by atoms with E-state index in [1.807, 2.05) is 6.92 Å². The standard InChI is InChI=1S/C5H9NO2.ClH/c1-2-3-4(6)5(7)8;/h6H,2-3H2,1H3,(H,7,8);1H. The van der Waals surface area contributed by atoms with E-state index in [1.165, 1.54) is 0 Å². The van der Waals surface area contributed by atoms with Crippen LogP contribution in [0.5, 0.6) is 0 Å². The van der Waals surface area contributed by atoms with Gasteiger partial charge in [-0.25, -0.2) is 4.79 Å². The van der Waals surface area contributed by atoms with Crippen LogP contribution in [0.4, 0.5) is 0 Å². The lowest BCUT2D eigenvalue weighted by Gasteiger charge is -1.89. The highest BCUT2D eigenvalue weighted by molar-refractivity contribution is 6.34. The third kappa shape index (κ3) is 5.30. The van der Waals surface area contributed by atoms with Gasteiger partial charge in [0.1, 0.15) is 5.71 Å². The van der Waals surface area contributed by atoms with E-state index < -0.39 is 5.97 Å². The second kappa shape index (κ2) is 5.56. The highest BCUT2D eigenvalue weighted by Gasteiger charge is 2.02. The molecule has 0 aromatic carbocycles. The maximum Gasteiger partial charge on any atom is 0.349 e. The number of nitrogens with one attached hydrogen (secondary N) is 1. The Morgan fingerprint density at radius 2 is 2.11 bits per heavy atom. The highest BCUT2D eigenvalue weighted by Crippen LogP contribution is 1.87. The maximum atomic E-state index is 9.86. The van der Waals surface area contributed by atoms with Crippen molar-refractivity contribution in [2.24, 2.45) is 0 Å². The van der Waals surface area contributed by atoms with Gasteiger partial charge >= 0.3 is 5.97 Å². The van der Waals surface area contributed by atoms with Crippen LogP contribution in [0.2, 0.25) is 0 Å². The molecule has 0 spiro atoms. The lowest BCUT2D eigenvalue weighted by Crippen LogP contribution is -2.09. The molecule has 0 fully saturated rings. The molecule has 0 unspecified atom stereocenters. The molecule has 0 amide bonds. The summed E-state index contributed by atoms with van der Waals surface area (Å²) in [5.41, 5.74) is -0.201. The number of aliphatic carboxylic acids is 1. The Bertz CT molecular complexity index is 114. The van der Waals surface area contributed by atoms with Crippen LogP contribution in [0.25, 0.3) is 0 Å². The summed E-state index contributed by atoms with van der Waals surface area (Å²) in [7, 11) is 0. The van der Waals surface area contributed by atoms with Gasteiger partial charge in [-0.1, -0.05) is 13.3 Å². The first-order valence-corrected chi connectivity index (χ1v) is 2.49. The van der Waals surface area contributed by atoms with Crippen LogP contribution >= 0.6 is 12.4 Å². The largest absolute Gasteiger partial charge is 0.477 e. The van der Waals surface area contributed by atoms with E-state index in [2.05, 4.69) is 0 Å². The van der Waals surface area contributed by atoms with Crippen LogP contribution in [0, 0.1) is 5.41 Å². The van der Waals surface area contributed by atoms with Gasteiger partial charge in [0.25, 0.3) is 0 Å². The van der Waals surface area contributed by atoms with Gasteiger partial charge < -0.3 is 5.11 Å². The van der Waals surface area contributed by atoms with E-state index in [4.69, 9.17) is 10.5 Å². The van der Waals surface area contributed by atoms with E-state index in [0.29, 0.717) is 6.42 Å². The zero-order valence-corrected chi connectivity index (χ0v) is 5.99. The summed E-state index contributed by atoms with van der Waals surface area (Å²) >= 11 is 0. The molecule has 3 nitrogen and oxygen atoms in total. The van der Waals surface area contributed by atoms with Gasteiger partial charge in [0, 0.05) is 0 Å². The van der Waals surface area contributed by atoms with Crippen molar-refractivity contribution in [1.82, 2.24) is 0 Å². The predicted molar refractivity (Wildman–Crippen MR) is 37.5 cm³/mol. The second-order valence-electron chi connectivity index (χ2n) is 1.53. The number of hydrogen-bond acceptors (Lipinski definition) is 2. The zero-order valence-electron chi connectivity index (χ0n) is 5.18. The fourth-order valence-corrected chi connectivity index (χ4v) is 0.357. The van der Waals surface area contributed by atoms with Crippen LogP contribution in [-0.2, 0) is 4.79 Å². The van der Waals surface area contributed by atoms with E-state index >= 15 is 0 Å². The molecule has 0 rings (SSSR count). The molecule has 2 N–H and O–H groups in total. The van der Waals surface area contributed by atoms with E-state index in [9.17, 15) is 4.79 Å². The quantitative estimate of drug-likeness (QED) is 0.598. The molecular weight excluding hydrogens is 142 g/mol. The molecule has 4 heteroatoms. The van der Waals surface area contributed by atoms with Crippen LogP contribution in [0.1, 0.15) is 19.8 Å². The second-order valence-corrected chi connectivity index (χ2v) is 1.53. The van der Waals surface area contributed by atoms with Crippen molar-refractivity contribution in [3.05, 3.63) is 0 Å². The fraction of sp³-hybridized carbons (Fsp3) is 0.600. The fourth-order valence-electron chi connectivity index (χ4n) is 0.357. The summed E-state index contributed by atoms with van der Waals surface area (Å²) in [6.07, 6.45) is 1.10. The Morgan fingerprint density at radius 1 is 1.67 bits per heavy atom. The number of carboxylic acids is 1. The lowest BCUT2D eigenvalue weighted by atomic mass is 10.2. The molecule has 0 atom stereocenters. The van der Waals surface area contributed by atoms with Crippen LogP contribution in [-0.4, -0.2) is 16.8 Å². The first kappa shape index (κ1) is 11.3. The maximum absolute atomic E-state index is 9.86. The Hall–Kier alpha value is -0.570. The van der Waals surface area contributed by atoms with Crippen molar-refractivity contribution in [1.29, 1.82) is 5.41 Å². The minimum absolute atomic E-state index is 0. The highest BCUT2D eigenvalue weighted by atomic mass is 35.5. The van der Waals surface area contributed by atoms with Gasteiger partial charge in [-0.15, -0.1) is 12.4 Å². The van der Waals surface area contributed by atoms with Gasteiger partial charge in [0.05, 0.1) is 0 Å². The Kier molecular flexibility index (Phi) is 6.96. The van der Waals surface area contributed by atoms with E-state index in [1.54, 1.807) is 0 Å². The monoisotopic (exact) mass is 151 g/mol. The normalized spacial score (nSPS) is 7.67. The summed E-state index contributed by atoms with van der Waals surface area (Å²) in [6.45, 7) is 1.84. The average Bonchev–Trinajstić information content (AvgIpc) is 1.67. The van der Waals surface area contributed by atoms with Crippen LogP contribution in [0.3, 0.4) is 0 Å². The van der Waals surface area contributed by atoms with Gasteiger partial charge in [-0.3, -0.25) is 5.41 Å².